The van der Waals surface area contributed by atoms with Crippen molar-refractivity contribution in [3.8, 4) is 0 Å². The second kappa shape index (κ2) is 5.13. The molecule has 2 aromatic heterocycles. The van der Waals surface area contributed by atoms with E-state index in [2.05, 4.69) is 15.0 Å². The summed E-state index contributed by atoms with van der Waals surface area (Å²) in [5, 5.41) is 1.36. The molecule has 2 N–H and O–H groups in total. The maximum atomic E-state index is 5.91. The Kier molecular flexibility index (Phi) is 3.31. The van der Waals surface area contributed by atoms with E-state index in [0.29, 0.717) is 11.0 Å². The van der Waals surface area contributed by atoms with Crippen LogP contribution in [0.1, 0.15) is 18.3 Å². The number of para-hydroxylation sites is 2. The maximum Gasteiger partial charge on any atom is 0.263 e. The summed E-state index contributed by atoms with van der Waals surface area (Å²) in [5.74, 6) is 1.24. The van der Waals surface area contributed by atoms with Crippen molar-refractivity contribution in [2.24, 2.45) is 0 Å². The molecule has 0 amide bonds. The first-order valence-electron chi connectivity index (χ1n) is 6.33. The van der Waals surface area contributed by atoms with Gasteiger partial charge in [-0.1, -0.05) is 19.1 Å². The fraction of sp³-hybridized carbons (Fsp3) is 0.214. The number of nitrogen functional groups attached to an aromatic ring is 1. The van der Waals surface area contributed by atoms with Crippen molar-refractivity contribution in [3.05, 3.63) is 35.7 Å². The number of aryl methyl sites for hydroxylation is 1. The Hall–Kier alpha value is -2.08. The molecule has 2 heterocycles. The topological polar surface area (TPSA) is 77.8 Å². The molecule has 1 aromatic carbocycles. The van der Waals surface area contributed by atoms with E-state index in [1.54, 1.807) is 0 Å². The van der Waals surface area contributed by atoms with Gasteiger partial charge < -0.3 is 10.2 Å². The average Bonchev–Trinajstić information content (AvgIpc) is 2.85. The Bertz CT molecular complexity index is 736. The monoisotopic (exact) mass is 286 g/mol. The zero-order chi connectivity index (χ0) is 14.1. The molecule has 0 aliphatic heterocycles. The molecule has 5 nitrogen and oxygen atoms in total. The Labute approximate surface area is 120 Å². The molecule has 0 radical (unpaired) electrons. The zero-order valence-electron chi connectivity index (χ0n) is 11.3. The summed E-state index contributed by atoms with van der Waals surface area (Å²) in [7, 11) is 0. The molecule has 0 atom stereocenters. The van der Waals surface area contributed by atoms with Crippen LogP contribution in [0.15, 0.2) is 38.9 Å². The lowest BCUT2D eigenvalue weighted by Crippen LogP contribution is -2.03. The number of nitrogens with zero attached hydrogens (tertiary/aromatic N) is 3. The molecule has 0 aliphatic rings. The molecule has 0 unspecified atom stereocenters. The van der Waals surface area contributed by atoms with E-state index in [9.17, 15) is 0 Å². The quantitative estimate of drug-likeness (QED) is 0.745. The molecule has 3 aromatic rings. The molecule has 0 saturated heterocycles. The summed E-state index contributed by atoms with van der Waals surface area (Å²) in [6, 6.07) is 7.67. The fourth-order valence-corrected chi connectivity index (χ4v) is 2.64. The molecule has 20 heavy (non-hydrogen) atoms. The minimum absolute atomic E-state index is 0.510. The summed E-state index contributed by atoms with van der Waals surface area (Å²) < 4.78 is 5.69. The molecule has 3 rings (SSSR count). The number of hydrogen-bond donors (Lipinski definition) is 1. The van der Waals surface area contributed by atoms with E-state index < -0.39 is 0 Å². The number of aromatic nitrogens is 3. The Balaban J connectivity index is 1.99. The van der Waals surface area contributed by atoms with E-state index in [0.717, 1.165) is 33.9 Å². The van der Waals surface area contributed by atoms with E-state index in [4.69, 9.17) is 10.2 Å². The van der Waals surface area contributed by atoms with E-state index in [1.165, 1.54) is 11.8 Å². The van der Waals surface area contributed by atoms with Gasteiger partial charge in [-0.05, 0) is 30.8 Å². The molecule has 0 fully saturated rings. The smallest absolute Gasteiger partial charge is 0.263 e. The highest BCUT2D eigenvalue weighted by Crippen LogP contribution is 2.32. The number of fused-ring (bicyclic) bond motifs is 1. The van der Waals surface area contributed by atoms with Crippen molar-refractivity contribution in [1.29, 1.82) is 0 Å². The second-order valence-corrected chi connectivity index (χ2v) is 5.30. The molecule has 102 valence electrons. The van der Waals surface area contributed by atoms with Crippen LogP contribution in [0.2, 0.25) is 0 Å². The first kappa shape index (κ1) is 12.9. The van der Waals surface area contributed by atoms with Gasteiger partial charge in [0.15, 0.2) is 5.58 Å². The minimum atomic E-state index is 0.510. The highest BCUT2D eigenvalue weighted by atomic mass is 32.2. The van der Waals surface area contributed by atoms with Gasteiger partial charge in [0.1, 0.15) is 22.2 Å². The summed E-state index contributed by atoms with van der Waals surface area (Å²) in [6.45, 7) is 3.90. The van der Waals surface area contributed by atoms with Gasteiger partial charge >= 0.3 is 0 Å². The molecule has 0 spiro atoms. The van der Waals surface area contributed by atoms with Gasteiger partial charge in [0.05, 0.1) is 0 Å². The molecule has 6 heteroatoms. The Morgan fingerprint density at radius 3 is 2.75 bits per heavy atom. The van der Waals surface area contributed by atoms with Gasteiger partial charge in [0.2, 0.25) is 0 Å². The summed E-state index contributed by atoms with van der Waals surface area (Å²) >= 11 is 1.37. The van der Waals surface area contributed by atoms with E-state index in [-0.39, 0.29) is 0 Å². The van der Waals surface area contributed by atoms with Crippen molar-refractivity contribution < 1.29 is 4.42 Å². The first-order valence-corrected chi connectivity index (χ1v) is 7.15. The van der Waals surface area contributed by atoms with Crippen molar-refractivity contribution in [2.45, 2.75) is 30.5 Å². The van der Waals surface area contributed by atoms with Crippen LogP contribution in [0.5, 0.6) is 0 Å². The van der Waals surface area contributed by atoms with Crippen LogP contribution in [0.3, 0.4) is 0 Å². The standard InChI is InChI=1S/C14H14N4OS/c1-3-11-17-12(15)8(2)13(18-11)20-14-16-9-6-4-5-7-10(9)19-14/h4-7H,3H2,1-2H3,(H2,15,17,18). The van der Waals surface area contributed by atoms with Gasteiger partial charge in [-0.3, -0.25) is 0 Å². The second-order valence-electron chi connectivity index (χ2n) is 4.36. The summed E-state index contributed by atoms with van der Waals surface area (Å²) in [6.07, 6.45) is 0.742. The summed E-state index contributed by atoms with van der Waals surface area (Å²) in [5.41, 5.74) is 8.37. The zero-order valence-corrected chi connectivity index (χ0v) is 12.1. The van der Waals surface area contributed by atoms with Gasteiger partial charge in [-0.2, -0.15) is 0 Å². The number of nitrogens with two attached hydrogens (primary N) is 1. The third kappa shape index (κ3) is 2.34. The summed E-state index contributed by atoms with van der Waals surface area (Å²) in [4.78, 5) is 13.2. The van der Waals surface area contributed by atoms with Crippen LogP contribution in [-0.4, -0.2) is 15.0 Å². The largest absolute Gasteiger partial charge is 0.431 e. The van der Waals surface area contributed by atoms with Crippen LogP contribution < -0.4 is 5.73 Å². The number of rotatable bonds is 3. The molecule has 0 bridgehead atoms. The number of anilines is 1. The lowest BCUT2D eigenvalue weighted by Gasteiger charge is -2.06. The Morgan fingerprint density at radius 2 is 2.00 bits per heavy atom. The third-order valence-electron chi connectivity index (χ3n) is 2.96. The minimum Gasteiger partial charge on any atom is -0.431 e. The van der Waals surface area contributed by atoms with Crippen LogP contribution in [0, 0.1) is 6.92 Å². The van der Waals surface area contributed by atoms with Gasteiger partial charge in [-0.15, -0.1) is 0 Å². The average molecular weight is 286 g/mol. The van der Waals surface area contributed by atoms with Crippen molar-refractivity contribution in [1.82, 2.24) is 15.0 Å². The van der Waals surface area contributed by atoms with Crippen LogP contribution in [0.25, 0.3) is 11.1 Å². The van der Waals surface area contributed by atoms with Gasteiger partial charge in [0, 0.05) is 12.0 Å². The van der Waals surface area contributed by atoms with Crippen molar-refractivity contribution in [3.63, 3.8) is 0 Å². The highest BCUT2D eigenvalue weighted by molar-refractivity contribution is 7.99. The third-order valence-corrected chi connectivity index (χ3v) is 3.90. The van der Waals surface area contributed by atoms with Crippen LogP contribution >= 0.6 is 11.8 Å². The number of oxazole rings is 1. The highest BCUT2D eigenvalue weighted by Gasteiger charge is 2.13. The normalized spacial score (nSPS) is 11.1. The van der Waals surface area contributed by atoms with Crippen LogP contribution in [-0.2, 0) is 6.42 Å². The maximum absolute atomic E-state index is 5.91. The number of hydrogen-bond acceptors (Lipinski definition) is 6. The van der Waals surface area contributed by atoms with Crippen molar-refractivity contribution >= 4 is 28.7 Å². The molecular weight excluding hydrogens is 272 g/mol. The van der Waals surface area contributed by atoms with Gasteiger partial charge in [-0.25, -0.2) is 15.0 Å². The van der Waals surface area contributed by atoms with E-state index in [1.807, 2.05) is 38.1 Å². The van der Waals surface area contributed by atoms with Gasteiger partial charge in [0.25, 0.3) is 5.22 Å². The van der Waals surface area contributed by atoms with Crippen molar-refractivity contribution in [2.75, 3.05) is 5.73 Å². The Morgan fingerprint density at radius 1 is 1.20 bits per heavy atom. The first-order chi connectivity index (χ1) is 9.67. The lowest BCUT2D eigenvalue weighted by atomic mass is 10.3. The predicted octanol–water partition coefficient (Wildman–Crippen LogP) is 3.22. The SMILES string of the molecule is CCc1nc(N)c(C)c(Sc2nc3ccccc3o2)n1. The lowest BCUT2D eigenvalue weighted by molar-refractivity contribution is 0.489. The fourth-order valence-electron chi connectivity index (χ4n) is 1.79. The van der Waals surface area contributed by atoms with E-state index >= 15 is 0 Å². The predicted molar refractivity (Wildman–Crippen MR) is 78.7 cm³/mol. The molecule has 0 saturated carbocycles. The number of benzene rings is 1. The molecular formula is C14H14N4OS. The van der Waals surface area contributed by atoms with Crippen LogP contribution in [0.4, 0.5) is 5.82 Å². The molecule has 0 aliphatic carbocycles.